The SMILES string of the molecule is Cc1cc(NC2=CC(=O)N=N2)nc(Nc2ccc(NC(=O)Nc3ccc(Cl)c(C(F)(F)F)c3)nc2)n1. The molecule has 36 heavy (non-hydrogen) atoms. The van der Waals surface area contributed by atoms with Crippen molar-refractivity contribution in [1.29, 1.82) is 0 Å². The zero-order chi connectivity index (χ0) is 25.9. The smallest absolute Gasteiger partial charge is 0.323 e. The molecule has 0 unspecified atom stereocenters. The lowest BCUT2D eigenvalue weighted by molar-refractivity contribution is -0.137. The van der Waals surface area contributed by atoms with Crippen molar-refractivity contribution in [2.75, 3.05) is 21.3 Å². The number of nitrogens with one attached hydrogen (secondary N) is 4. The first kappa shape index (κ1) is 24.5. The number of anilines is 5. The van der Waals surface area contributed by atoms with Crippen molar-refractivity contribution < 1.29 is 22.8 Å². The molecule has 0 bridgehead atoms. The van der Waals surface area contributed by atoms with E-state index < -0.39 is 28.7 Å². The minimum absolute atomic E-state index is 0.0947. The molecule has 3 aromatic rings. The van der Waals surface area contributed by atoms with Gasteiger partial charge in [0.05, 0.1) is 28.5 Å². The first-order valence-electron chi connectivity index (χ1n) is 10.0. The number of alkyl halides is 3. The lowest BCUT2D eigenvalue weighted by Crippen LogP contribution is -2.20. The van der Waals surface area contributed by atoms with Crippen molar-refractivity contribution in [3.8, 4) is 0 Å². The molecule has 4 N–H and O–H groups in total. The number of nitrogens with zero attached hydrogens (tertiary/aromatic N) is 5. The number of hydrogen-bond acceptors (Lipinski definition) is 8. The van der Waals surface area contributed by atoms with Gasteiger partial charge in [-0.2, -0.15) is 18.2 Å². The third-order valence-electron chi connectivity index (χ3n) is 4.42. The Bertz CT molecular complexity index is 1390. The molecule has 1 aromatic carbocycles. The number of amides is 3. The summed E-state index contributed by atoms with van der Waals surface area (Å²) in [6.45, 7) is 1.75. The van der Waals surface area contributed by atoms with E-state index >= 15 is 0 Å². The van der Waals surface area contributed by atoms with Crippen LogP contribution in [-0.4, -0.2) is 26.9 Å². The number of pyridine rings is 1. The lowest BCUT2D eigenvalue weighted by atomic mass is 10.2. The molecule has 0 atom stereocenters. The topological polar surface area (TPSA) is 146 Å². The van der Waals surface area contributed by atoms with Crippen LogP contribution in [0.15, 0.2) is 64.7 Å². The van der Waals surface area contributed by atoms with Gasteiger partial charge < -0.3 is 16.0 Å². The van der Waals surface area contributed by atoms with Gasteiger partial charge in [0, 0.05) is 17.4 Å². The number of halogens is 4. The highest BCUT2D eigenvalue weighted by Gasteiger charge is 2.33. The number of urea groups is 1. The Morgan fingerprint density at radius 1 is 0.944 bits per heavy atom. The van der Waals surface area contributed by atoms with E-state index in [4.69, 9.17) is 11.6 Å². The monoisotopic (exact) mass is 517 g/mol. The van der Waals surface area contributed by atoms with Gasteiger partial charge in [-0.25, -0.2) is 14.8 Å². The summed E-state index contributed by atoms with van der Waals surface area (Å²) in [4.78, 5) is 36.0. The number of aromatic nitrogens is 3. The van der Waals surface area contributed by atoms with Gasteiger partial charge in [-0.05, 0) is 37.3 Å². The largest absolute Gasteiger partial charge is 0.417 e. The second-order valence-electron chi connectivity index (χ2n) is 7.24. The van der Waals surface area contributed by atoms with E-state index in [9.17, 15) is 22.8 Å². The summed E-state index contributed by atoms with van der Waals surface area (Å²) in [6.07, 6.45) is -2.05. The maximum atomic E-state index is 13.0. The molecule has 15 heteroatoms. The van der Waals surface area contributed by atoms with E-state index in [-0.39, 0.29) is 23.3 Å². The number of carbonyl (C=O) groups excluding carboxylic acids is 2. The van der Waals surface area contributed by atoms with Gasteiger partial charge in [-0.15, -0.1) is 10.2 Å². The fourth-order valence-corrected chi connectivity index (χ4v) is 3.15. The maximum Gasteiger partial charge on any atom is 0.417 e. The predicted molar refractivity (Wildman–Crippen MR) is 125 cm³/mol. The first-order valence-corrected chi connectivity index (χ1v) is 10.4. The van der Waals surface area contributed by atoms with Crippen molar-refractivity contribution in [2.24, 2.45) is 10.2 Å². The van der Waals surface area contributed by atoms with Crippen LogP contribution in [0.1, 0.15) is 11.3 Å². The Kier molecular flexibility index (Phi) is 6.78. The molecular formula is C21H15ClF3N9O2. The molecule has 4 rings (SSSR count). The average Bonchev–Trinajstić information content (AvgIpc) is 3.19. The maximum absolute atomic E-state index is 13.0. The van der Waals surface area contributed by atoms with Crippen molar-refractivity contribution >= 4 is 52.5 Å². The van der Waals surface area contributed by atoms with Gasteiger partial charge in [0.15, 0.2) is 5.82 Å². The minimum Gasteiger partial charge on any atom is -0.323 e. The molecule has 3 amide bonds. The molecule has 2 aromatic heterocycles. The van der Waals surface area contributed by atoms with Gasteiger partial charge in [0.2, 0.25) is 5.95 Å². The second kappa shape index (κ2) is 9.95. The van der Waals surface area contributed by atoms with E-state index in [0.29, 0.717) is 17.2 Å². The van der Waals surface area contributed by atoms with Gasteiger partial charge in [-0.1, -0.05) is 11.6 Å². The zero-order valence-corrected chi connectivity index (χ0v) is 18.9. The van der Waals surface area contributed by atoms with Gasteiger partial charge in [0.1, 0.15) is 11.6 Å². The highest BCUT2D eigenvalue weighted by Crippen LogP contribution is 2.36. The Hall–Kier alpha value is -4.59. The average molecular weight is 518 g/mol. The number of carbonyl (C=O) groups is 2. The quantitative estimate of drug-likeness (QED) is 0.338. The molecule has 0 spiro atoms. The van der Waals surface area contributed by atoms with Gasteiger partial charge in [-0.3, -0.25) is 10.1 Å². The molecule has 0 saturated heterocycles. The van der Waals surface area contributed by atoms with E-state index in [0.717, 1.165) is 12.1 Å². The number of benzene rings is 1. The molecular weight excluding hydrogens is 503 g/mol. The molecule has 184 valence electrons. The summed E-state index contributed by atoms with van der Waals surface area (Å²) in [6, 6.07) is 6.92. The van der Waals surface area contributed by atoms with Gasteiger partial charge in [0.25, 0.3) is 5.91 Å². The van der Waals surface area contributed by atoms with Crippen molar-refractivity contribution in [1.82, 2.24) is 15.0 Å². The standard InChI is InChI=1S/C21H15ClF3N9O2/c1-10-6-16(30-17-8-18(35)34-33-17)31-19(27-10)28-12-3-5-15(26-9-12)32-20(36)29-11-2-4-14(22)13(7-11)21(23,24)25/h2-9H,1H3,(H2,26,29,32,36)(H2,27,28,30,31). The van der Waals surface area contributed by atoms with Crippen molar-refractivity contribution in [3.05, 3.63) is 70.8 Å². The van der Waals surface area contributed by atoms with Crippen LogP contribution < -0.4 is 21.3 Å². The summed E-state index contributed by atoms with van der Waals surface area (Å²) in [5, 5.41) is 17.1. The molecule has 0 saturated carbocycles. The molecule has 1 aliphatic heterocycles. The molecule has 11 nitrogen and oxygen atoms in total. The predicted octanol–water partition coefficient (Wildman–Crippen LogP) is 5.49. The normalized spacial score (nSPS) is 12.8. The Balaban J connectivity index is 1.38. The third-order valence-corrected chi connectivity index (χ3v) is 4.75. The molecule has 1 aliphatic rings. The highest BCUT2D eigenvalue weighted by atomic mass is 35.5. The van der Waals surface area contributed by atoms with Crippen molar-refractivity contribution in [2.45, 2.75) is 13.1 Å². The molecule has 0 radical (unpaired) electrons. The summed E-state index contributed by atoms with van der Waals surface area (Å²) in [7, 11) is 0. The zero-order valence-electron chi connectivity index (χ0n) is 18.2. The molecule has 0 fully saturated rings. The third kappa shape index (κ3) is 6.29. The fourth-order valence-electron chi connectivity index (χ4n) is 2.93. The number of hydrogen-bond donors (Lipinski definition) is 4. The number of azo groups is 1. The molecule has 0 aliphatic carbocycles. The number of rotatable bonds is 6. The van der Waals surface area contributed by atoms with Gasteiger partial charge >= 0.3 is 12.2 Å². The van der Waals surface area contributed by atoms with E-state index in [1.165, 1.54) is 24.4 Å². The van der Waals surface area contributed by atoms with Crippen molar-refractivity contribution in [3.63, 3.8) is 0 Å². The van der Waals surface area contributed by atoms with Crippen LogP contribution in [-0.2, 0) is 11.0 Å². The van der Waals surface area contributed by atoms with Crippen LogP contribution in [0.2, 0.25) is 5.02 Å². The van der Waals surface area contributed by atoms with Crippen LogP contribution >= 0.6 is 11.6 Å². The Morgan fingerprint density at radius 2 is 1.72 bits per heavy atom. The fraction of sp³-hybridized carbons (Fsp3) is 0.0952. The summed E-state index contributed by atoms with van der Waals surface area (Å²) >= 11 is 5.58. The minimum atomic E-state index is -4.66. The first-order chi connectivity index (χ1) is 17.0. The van der Waals surface area contributed by atoms with Crippen LogP contribution in [0.3, 0.4) is 0 Å². The van der Waals surface area contributed by atoms with Crippen LogP contribution in [0, 0.1) is 6.92 Å². The van der Waals surface area contributed by atoms with Crippen LogP contribution in [0.25, 0.3) is 0 Å². The van der Waals surface area contributed by atoms with Crippen LogP contribution in [0.4, 0.5) is 46.9 Å². The Morgan fingerprint density at radius 3 is 2.39 bits per heavy atom. The molecule has 3 heterocycles. The van der Waals surface area contributed by atoms with E-state index in [2.05, 4.69) is 46.4 Å². The second-order valence-corrected chi connectivity index (χ2v) is 7.65. The van der Waals surface area contributed by atoms with Crippen LogP contribution in [0.5, 0.6) is 0 Å². The lowest BCUT2D eigenvalue weighted by Gasteiger charge is -2.12. The van der Waals surface area contributed by atoms with E-state index in [1.54, 1.807) is 19.1 Å². The highest BCUT2D eigenvalue weighted by molar-refractivity contribution is 6.31. The summed E-state index contributed by atoms with van der Waals surface area (Å²) < 4.78 is 39.0. The number of aryl methyl sites for hydroxylation is 1. The summed E-state index contributed by atoms with van der Waals surface area (Å²) in [5.74, 6) is 0.507. The van der Waals surface area contributed by atoms with E-state index in [1.807, 2.05) is 0 Å². The Labute approximate surface area is 205 Å². The summed E-state index contributed by atoms with van der Waals surface area (Å²) in [5.41, 5.74) is -0.0524.